The van der Waals surface area contributed by atoms with E-state index in [1.54, 1.807) is 7.11 Å². The maximum Gasteiger partial charge on any atom is 0.119 e. The van der Waals surface area contributed by atoms with E-state index in [9.17, 15) is 0 Å². The summed E-state index contributed by atoms with van der Waals surface area (Å²) in [5.41, 5.74) is 7.35. The van der Waals surface area contributed by atoms with Crippen LogP contribution < -0.4 is 10.5 Å². The molecular weight excluding hydrogens is 278 g/mol. The Balaban J connectivity index is 2.64. The second-order valence-electron chi connectivity index (χ2n) is 4.82. The van der Waals surface area contributed by atoms with Crippen LogP contribution in [0.4, 0.5) is 0 Å². The molecule has 0 heterocycles. The maximum absolute atomic E-state index is 6.22. The van der Waals surface area contributed by atoms with Crippen molar-refractivity contribution < 1.29 is 4.74 Å². The van der Waals surface area contributed by atoms with Gasteiger partial charge in [0.1, 0.15) is 5.75 Å². The fourth-order valence-corrected chi connectivity index (χ4v) is 2.38. The molecule has 1 rings (SSSR count). The summed E-state index contributed by atoms with van der Waals surface area (Å²) in [5, 5.41) is 0. The Hall–Kier alpha value is -0.540. The molecule has 2 N–H and O–H groups in total. The first-order valence-electron chi connectivity index (χ1n) is 6.13. The minimum Gasteiger partial charge on any atom is -0.497 e. The van der Waals surface area contributed by atoms with E-state index in [0.717, 1.165) is 28.1 Å². The van der Waals surface area contributed by atoms with Crippen LogP contribution in [0.15, 0.2) is 22.7 Å². The molecule has 0 aliphatic rings. The summed E-state index contributed by atoms with van der Waals surface area (Å²) in [6.45, 7) is 4.49. The first kappa shape index (κ1) is 14.5. The third kappa shape index (κ3) is 4.68. The molecule has 2 nitrogen and oxygen atoms in total. The van der Waals surface area contributed by atoms with E-state index in [0.29, 0.717) is 0 Å². The van der Waals surface area contributed by atoms with Crippen LogP contribution in [0.1, 0.15) is 44.7 Å². The average Bonchev–Trinajstić information content (AvgIpc) is 2.29. The Labute approximate surface area is 113 Å². The monoisotopic (exact) mass is 299 g/mol. The first-order valence-corrected chi connectivity index (χ1v) is 6.93. The molecule has 0 fully saturated rings. The number of halogens is 1. The lowest BCUT2D eigenvalue weighted by molar-refractivity contribution is 0.413. The Morgan fingerprint density at radius 1 is 1.29 bits per heavy atom. The third-order valence-corrected chi connectivity index (χ3v) is 3.62. The molecule has 3 heteroatoms. The number of rotatable bonds is 6. The van der Waals surface area contributed by atoms with Crippen molar-refractivity contribution in [2.75, 3.05) is 7.11 Å². The summed E-state index contributed by atoms with van der Waals surface area (Å²) in [6.07, 6.45) is 3.42. The van der Waals surface area contributed by atoms with E-state index in [-0.39, 0.29) is 6.04 Å². The Morgan fingerprint density at radius 2 is 2.00 bits per heavy atom. The summed E-state index contributed by atoms with van der Waals surface area (Å²) in [7, 11) is 1.68. The van der Waals surface area contributed by atoms with Crippen LogP contribution in [-0.4, -0.2) is 7.11 Å². The Bertz CT molecular complexity index is 352. The van der Waals surface area contributed by atoms with Gasteiger partial charge in [-0.25, -0.2) is 0 Å². The fourth-order valence-electron chi connectivity index (χ4n) is 1.83. The van der Waals surface area contributed by atoms with Crippen LogP contribution in [0.2, 0.25) is 0 Å². The zero-order chi connectivity index (χ0) is 12.8. The van der Waals surface area contributed by atoms with Gasteiger partial charge < -0.3 is 10.5 Å². The van der Waals surface area contributed by atoms with Crippen molar-refractivity contribution in [3.8, 4) is 5.75 Å². The summed E-state index contributed by atoms with van der Waals surface area (Å²) in [6, 6.07) is 6.04. The fraction of sp³-hybridized carbons (Fsp3) is 0.571. The molecule has 0 saturated heterocycles. The van der Waals surface area contributed by atoms with Gasteiger partial charge in [-0.2, -0.15) is 0 Å². The third-order valence-electron chi connectivity index (χ3n) is 2.90. The first-order chi connectivity index (χ1) is 8.04. The second kappa shape index (κ2) is 7.02. The molecule has 0 aromatic heterocycles. The average molecular weight is 300 g/mol. The van der Waals surface area contributed by atoms with Gasteiger partial charge in [0.25, 0.3) is 0 Å². The van der Waals surface area contributed by atoms with Crippen molar-refractivity contribution in [3.05, 3.63) is 28.2 Å². The van der Waals surface area contributed by atoms with Crippen LogP contribution in [0.25, 0.3) is 0 Å². The molecule has 1 atom stereocenters. The summed E-state index contributed by atoms with van der Waals surface area (Å²) < 4.78 is 6.29. The molecule has 0 bridgehead atoms. The maximum atomic E-state index is 6.22. The van der Waals surface area contributed by atoms with E-state index >= 15 is 0 Å². The molecule has 1 aromatic rings. The van der Waals surface area contributed by atoms with Gasteiger partial charge in [-0.05, 0) is 36.1 Å². The van der Waals surface area contributed by atoms with Crippen molar-refractivity contribution in [2.24, 2.45) is 11.7 Å². The molecule has 0 radical (unpaired) electrons. The molecule has 0 saturated carbocycles. The van der Waals surface area contributed by atoms with Gasteiger partial charge >= 0.3 is 0 Å². The van der Waals surface area contributed by atoms with Crippen molar-refractivity contribution in [3.63, 3.8) is 0 Å². The minimum atomic E-state index is 0.0817. The molecule has 1 aromatic carbocycles. The highest BCUT2D eigenvalue weighted by atomic mass is 79.9. The van der Waals surface area contributed by atoms with Gasteiger partial charge in [-0.15, -0.1) is 0 Å². The van der Waals surface area contributed by atoms with Gasteiger partial charge in [-0.1, -0.05) is 42.6 Å². The number of hydrogen-bond donors (Lipinski definition) is 1. The predicted molar refractivity (Wildman–Crippen MR) is 76.3 cm³/mol. The standard InChI is InChI=1S/C14H22BrNO/c1-10(2)5-4-6-14(16)12-9-11(17-3)7-8-13(12)15/h7-10,14H,4-6,16H2,1-3H3. The highest BCUT2D eigenvalue weighted by molar-refractivity contribution is 9.10. The number of ether oxygens (including phenoxy) is 1. The molecule has 0 spiro atoms. The number of methoxy groups -OCH3 is 1. The topological polar surface area (TPSA) is 35.2 Å². The summed E-state index contributed by atoms with van der Waals surface area (Å²) in [5.74, 6) is 1.61. The van der Waals surface area contributed by atoms with Crippen LogP contribution in [0, 0.1) is 5.92 Å². The zero-order valence-corrected chi connectivity index (χ0v) is 12.5. The van der Waals surface area contributed by atoms with E-state index in [4.69, 9.17) is 10.5 Å². The van der Waals surface area contributed by atoms with Crippen molar-refractivity contribution in [1.29, 1.82) is 0 Å². The highest BCUT2D eigenvalue weighted by Crippen LogP contribution is 2.29. The number of nitrogens with two attached hydrogens (primary N) is 1. The van der Waals surface area contributed by atoms with Gasteiger partial charge in [0.2, 0.25) is 0 Å². The van der Waals surface area contributed by atoms with Crippen molar-refractivity contribution in [2.45, 2.75) is 39.2 Å². The van der Waals surface area contributed by atoms with E-state index in [1.165, 1.54) is 12.8 Å². The Kier molecular flexibility index (Phi) is 6.00. The largest absolute Gasteiger partial charge is 0.497 e. The van der Waals surface area contributed by atoms with Crippen LogP contribution >= 0.6 is 15.9 Å². The molecule has 17 heavy (non-hydrogen) atoms. The molecule has 96 valence electrons. The highest BCUT2D eigenvalue weighted by Gasteiger charge is 2.11. The molecular formula is C14H22BrNO. The molecule has 1 unspecified atom stereocenters. The lowest BCUT2D eigenvalue weighted by atomic mass is 9.98. The van der Waals surface area contributed by atoms with E-state index in [2.05, 4.69) is 29.8 Å². The van der Waals surface area contributed by atoms with E-state index < -0.39 is 0 Å². The van der Waals surface area contributed by atoms with Crippen LogP contribution in [0.5, 0.6) is 5.75 Å². The smallest absolute Gasteiger partial charge is 0.119 e. The lowest BCUT2D eigenvalue weighted by Gasteiger charge is -2.15. The van der Waals surface area contributed by atoms with Gasteiger partial charge in [-0.3, -0.25) is 0 Å². The lowest BCUT2D eigenvalue weighted by Crippen LogP contribution is -2.11. The van der Waals surface area contributed by atoms with Gasteiger partial charge in [0.05, 0.1) is 7.11 Å². The molecule has 0 aliphatic heterocycles. The normalized spacial score (nSPS) is 12.8. The Morgan fingerprint density at radius 3 is 2.59 bits per heavy atom. The minimum absolute atomic E-state index is 0.0817. The van der Waals surface area contributed by atoms with Crippen LogP contribution in [0.3, 0.4) is 0 Å². The second-order valence-corrected chi connectivity index (χ2v) is 5.67. The van der Waals surface area contributed by atoms with Crippen molar-refractivity contribution in [1.82, 2.24) is 0 Å². The zero-order valence-electron chi connectivity index (χ0n) is 10.9. The van der Waals surface area contributed by atoms with Crippen LogP contribution in [-0.2, 0) is 0 Å². The SMILES string of the molecule is COc1ccc(Br)c(C(N)CCCC(C)C)c1. The molecule has 0 aliphatic carbocycles. The van der Waals surface area contributed by atoms with Gasteiger partial charge in [0, 0.05) is 10.5 Å². The quantitative estimate of drug-likeness (QED) is 0.851. The van der Waals surface area contributed by atoms with Crippen molar-refractivity contribution >= 4 is 15.9 Å². The number of benzene rings is 1. The molecule has 0 amide bonds. The predicted octanol–water partition coefficient (Wildman–Crippen LogP) is 4.28. The van der Waals surface area contributed by atoms with E-state index in [1.807, 2.05) is 18.2 Å². The van der Waals surface area contributed by atoms with Gasteiger partial charge in [0.15, 0.2) is 0 Å². The number of hydrogen-bond acceptors (Lipinski definition) is 2. The summed E-state index contributed by atoms with van der Waals surface area (Å²) >= 11 is 3.55. The summed E-state index contributed by atoms with van der Waals surface area (Å²) in [4.78, 5) is 0.